The molecule has 1 aliphatic rings. The van der Waals surface area contributed by atoms with Gasteiger partial charge in [0.1, 0.15) is 17.6 Å². The lowest BCUT2D eigenvalue weighted by Crippen LogP contribution is -2.31. The number of carbonyl (C=O) groups excluding carboxylic acids is 2. The topological polar surface area (TPSA) is 89.0 Å². The van der Waals surface area contributed by atoms with E-state index in [4.69, 9.17) is 9.47 Å². The van der Waals surface area contributed by atoms with E-state index in [1.165, 1.54) is 12.0 Å². The van der Waals surface area contributed by atoms with E-state index < -0.39 is 17.7 Å². The molecule has 1 unspecified atom stereocenters. The summed E-state index contributed by atoms with van der Waals surface area (Å²) in [6.07, 6.45) is 2.15. The van der Waals surface area contributed by atoms with E-state index in [1.807, 2.05) is 13.0 Å². The number of carbonyl (C=O) groups is 2. The van der Waals surface area contributed by atoms with Gasteiger partial charge in [0, 0.05) is 26.5 Å². The third-order valence-electron chi connectivity index (χ3n) is 4.87. The first-order chi connectivity index (χ1) is 14.0. The number of aliphatic hydroxyl groups excluding tert-OH is 1. The SMILES string of the molecule is COCCCN1C(=O)C(=O)/C(=C(/O)c2cc(C)ccc2OC)C1c1ccccn1. The fourth-order valence-electron chi connectivity index (χ4n) is 3.49. The highest BCUT2D eigenvalue weighted by atomic mass is 16.5. The van der Waals surface area contributed by atoms with E-state index in [0.29, 0.717) is 36.6 Å². The van der Waals surface area contributed by atoms with Gasteiger partial charge in [-0.15, -0.1) is 0 Å². The Hall–Kier alpha value is -3.19. The molecule has 2 heterocycles. The van der Waals surface area contributed by atoms with Crippen LogP contribution in [-0.4, -0.2) is 54.1 Å². The largest absolute Gasteiger partial charge is 0.507 e. The number of hydrogen-bond donors (Lipinski definition) is 1. The van der Waals surface area contributed by atoms with Gasteiger partial charge in [-0.3, -0.25) is 14.6 Å². The van der Waals surface area contributed by atoms with E-state index in [0.717, 1.165) is 5.56 Å². The Kier molecular flexibility index (Phi) is 6.29. The summed E-state index contributed by atoms with van der Waals surface area (Å²) in [5, 5.41) is 11.1. The highest BCUT2D eigenvalue weighted by molar-refractivity contribution is 6.46. The zero-order chi connectivity index (χ0) is 21.0. The molecular formula is C22H24N2O5. The molecule has 1 aromatic carbocycles. The molecule has 0 radical (unpaired) electrons. The highest BCUT2D eigenvalue weighted by Gasteiger charge is 2.46. The number of ketones is 1. The molecule has 0 saturated carbocycles. The predicted octanol–water partition coefficient (Wildman–Crippen LogP) is 2.86. The zero-order valence-corrected chi connectivity index (χ0v) is 16.7. The maximum absolute atomic E-state index is 12.9. The molecule has 0 bridgehead atoms. The number of aliphatic hydroxyl groups is 1. The Labute approximate surface area is 169 Å². The number of amides is 1. The molecule has 1 fully saturated rings. The number of Topliss-reactive ketones (excluding diaryl/α,β-unsaturated/α-hetero) is 1. The second-order valence-corrected chi connectivity index (χ2v) is 6.80. The molecule has 1 aliphatic heterocycles. The van der Waals surface area contributed by atoms with Crippen LogP contribution in [0.1, 0.15) is 29.3 Å². The average molecular weight is 396 g/mol. The number of hydrogen-bond acceptors (Lipinski definition) is 6. The average Bonchev–Trinajstić information content (AvgIpc) is 2.99. The second kappa shape index (κ2) is 8.87. The van der Waals surface area contributed by atoms with Gasteiger partial charge in [-0.25, -0.2) is 0 Å². The highest BCUT2D eigenvalue weighted by Crippen LogP contribution is 2.40. The normalized spacial score (nSPS) is 18.3. The van der Waals surface area contributed by atoms with Crippen LogP contribution >= 0.6 is 0 Å². The molecule has 0 aliphatic carbocycles. The molecule has 1 atom stereocenters. The third kappa shape index (κ3) is 4.00. The first-order valence-corrected chi connectivity index (χ1v) is 9.33. The minimum absolute atomic E-state index is 0.00927. The van der Waals surface area contributed by atoms with Gasteiger partial charge in [-0.05, 0) is 37.6 Å². The molecule has 2 aromatic rings. The standard InChI is InChI=1S/C22H24N2O5/c1-14-8-9-17(29-3)15(13-14)20(25)18-19(16-7-4-5-10-23-16)24(11-6-12-28-2)22(27)21(18)26/h4-5,7-10,13,19,25H,6,11-12H2,1-3H3/b20-18+. The molecule has 1 aromatic heterocycles. The van der Waals surface area contributed by atoms with Gasteiger partial charge in [0.05, 0.1) is 23.9 Å². The quantitative estimate of drug-likeness (QED) is 0.335. The number of rotatable bonds is 7. The fraction of sp³-hybridized carbons (Fsp3) is 0.318. The summed E-state index contributed by atoms with van der Waals surface area (Å²) in [5.41, 5.74) is 1.77. The Bertz CT molecular complexity index is 939. The molecule has 0 spiro atoms. The predicted molar refractivity (Wildman–Crippen MR) is 107 cm³/mol. The third-order valence-corrected chi connectivity index (χ3v) is 4.87. The zero-order valence-electron chi connectivity index (χ0n) is 16.7. The minimum Gasteiger partial charge on any atom is -0.507 e. The van der Waals surface area contributed by atoms with Crippen molar-refractivity contribution < 1.29 is 24.2 Å². The Morgan fingerprint density at radius 3 is 2.66 bits per heavy atom. The molecule has 7 nitrogen and oxygen atoms in total. The number of pyridine rings is 1. The van der Waals surface area contributed by atoms with E-state index in [-0.39, 0.29) is 11.3 Å². The van der Waals surface area contributed by atoms with Crippen LogP contribution in [0.3, 0.4) is 0 Å². The van der Waals surface area contributed by atoms with Crippen LogP contribution in [0.2, 0.25) is 0 Å². The molecule has 1 amide bonds. The Balaban J connectivity index is 2.16. The van der Waals surface area contributed by atoms with Gasteiger partial charge in [0.2, 0.25) is 0 Å². The van der Waals surface area contributed by atoms with Crippen molar-refractivity contribution in [1.82, 2.24) is 9.88 Å². The number of likely N-dealkylation sites (tertiary alicyclic amines) is 1. The van der Waals surface area contributed by atoms with Crippen LogP contribution in [0.4, 0.5) is 0 Å². The van der Waals surface area contributed by atoms with Crippen molar-refractivity contribution >= 4 is 17.4 Å². The van der Waals surface area contributed by atoms with Gasteiger partial charge >= 0.3 is 0 Å². The fourth-order valence-corrected chi connectivity index (χ4v) is 3.49. The molecule has 3 rings (SSSR count). The van der Waals surface area contributed by atoms with Gasteiger partial charge in [-0.1, -0.05) is 17.7 Å². The summed E-state index contributed by atoms with van der Waals surface area (Å²) in [6.45, 7) is 2.63. The van der Waals surface area contributed by atoms with Crippen molar-refractivity contribution in [2.24, 2.45) is 0 Å². The van der Waals surface area contributed by atoms with Gasteiger partial charge in [0.15, 0.2) is 0 Å². The van der Waals surface area contributed by atoms with Crippen molar-refractivity contribution in [2.75, 3.05) is 27.4 Å². The van der Waals surface area contributed by atoms with Crippen molar-refractivity contribution in [1.29, 1.82) is 0 Å². The summed E-state index contributed by atoms with van der Waals surface area (Å²) in [5.74, 6) is -1.25. The van der Waals surface area contributed by atoms with Crippen molar-refractivity contribution in [3.8, 4) is 5.75 Å². The number of nitrogens with zero attached hydrogens (tertiary/aromatic N) is 2. The molecule has 152 valence electrons. The van der Waals surface area contributed by atoms with Crippen molar-refractivity contribution in [3.05, 3.63) is 65.0 Å². The summed E-state index contributed by atoms with van der Waals surface area (Å²) < 4.78 is 10.4. The first kappa shape index (κ1) is 20.5. The lowest BCUT2D eigenvalue weighted by molar-refractivity contribution is -0.140. The van der Waals surface area contributed by atoms with Crippen LogP contribution in [0.25, 0.3) is 5.76 Å². The van der Waals surface area contributed by atoms with Crippen molar-refractivity contribution in [3.63, 3.8) is 0 Å². The van der Waals surface area contributed by atoms with E-state index >= 15 is 0 Å². The molecular weight excluding hydrogens is 372 g/mol. The van der Waals surface area contributed by atoms with Crippen LogP contribution in [0.5, 0.6) is 5.75 Å². The van der Waals surface area contributed by atoms with E-state index in [1.54, 1.807) is 43.6 Å². The van der Waals surface area contributed by atoms with Gasteiger partial charge < -0.3 is 19.5 Å². The van der Waals surface area contributed by atoms with Gasteiger partial charge in [0.25, 0.3) is 11.7 Å². The smallest absolute Gasteiger partial charge is 0.295 e. The van der Waals surface area contributed by atoms with Crippen LogP contribution in [0, 0.1) is 6.92 Å². The van der Waals surface area contributed by atoms with Crippen LogP contribution in [0.15, 0.2) is 48.2 Å². The lowest BCUT2D eigenvalue weighted by Gasteiger charge is -2.24. The molecule has 1 N–H and O–H groups in total. The maximum Gasteiger partial charge on any atom is 0.295 e. The molecule has 1 saturated heterocycles. The van der Waals surface area contributed by atoms with Crippen molar-refractivity contribution in [2.45, 2.75) is 19.4 Å². The van der Waals surface area contributed by atoms with Gasteiger partial charge in [-0.2, -0.15) is 0 Å². The summed E-state index contributed by atoms with van der Waals surface area (Å²) in [4.78, 5) is 31.5. The summed E-state index contributed by atoms with van der Waals surface area (Å²) >= 11 is 0. The second-order valence-electron chi connectivity index (χ2n) is 6.80. The van der Waals surface area contributed by atoms with Crippen LogP contribution < -0.4 is 4.74 Å². The Morgan fingerprint density at radius 2 is 2.00 bits per heavy atom. The lowest BCUT2D eigenvalue weighted by atomic mass is 9.97. The number of benzene rings is 1. The maximum atomic E-state index is 12.9. The van der Waals surface area contributed by atoms with Crippen LogP contribution in [-0.2, 0) is 14.3 Å². The first-order valence-electron chi connectivity index (χ1n) is 9.33. The number of aromatic nitrogens is 1. The number of aryl methyl sites for hydroxylation is 1. The summed E-state index contributed by atoms with van der Waals surface area (Å²) in [6, 6.07) is 9.78. The Morgan fingerprint density at radius 1 is 1.21 bits per heavy atom. The van der Waals surface area contributed by atoms with E-state index in [9.17, 15) is 14.7 Å². The summed E-state index contributed by atoms with van der Waals surface area (Å²) in [7, 11) is 3.06. The number of ether oxygens (including phenoxy) is 2. The number of methoxy groups -OCH3 is 2. The monoisotopic (exact) mass is 396 g/mol. The van der Waals surface area contributed by atoms with E-state index in [2.05, 4.69) is 4.98 Å². The molecule has 7 heteroatoms. The molecule has 29 heavy (non-hydrogen) atoms. The minimum atomic E-state index is -0.779.